The molecule has 3 nitrogen and oxygen atoms in total. The highest BCUT2D eigenvalue weighted by molar-refractivity contribution is 9.10. The van der Waals surface area contributed by atoms with Crippen molar-refractivity contribution in [1.29, 1.82) is 0 Å². The molecule has 0 saturated carbocycles. The van der Waals surface area contributed by atoms with Crippen molar-refractivity contribution in [3.05, 3.63) is 46.1 Å². The van der Waals surface area contributed by atoms with E-state index in [4.69, 9.17) is 9.40 Å². The molecule has 0 spiro atoms. The lowest BCUT2D eigenvalue weighted by Crippen LogP contribution is -2.05. The number of hydrogen-bond acceptors (Lipinski definition) is 2. The zero-order valence-corrected chi connectivity index (χ0v) is 11.5. The topological polar surface area (TPSA) is 30.4 Å². The SMILES string of the molecule is Cc1c(Br)ccc2nc3c(n12)CCc1occc1-3. The molecule has 1 aliphatic rings. The van der Waals surface area contributed by atoms with Crippen molar-refractivity contribution in [2.45, 2.75) is 19.8 Å². The molecule has 0 saturated heterocycles. The summed E-state index contributed by atoms with van der Waals surface area (Å²) in [6.07, 6.45) is 3.69. The predicted molar refractivity (Wildman–Crippen MR) is 72.7 cm³/mol. The van der Waals surface area contributed by atoms with E-state index in [1.165, 1.54) is 11.4 Å². The lowest BCUT2D eigenvalue weighted by atomic mass is 9.99. The Morgan fingerprint density at radius 1 is 1.28 bits per heavy atom. The van der Waals surface area contributed by atoms with Crippen LogP contribution in [-0.2, 0) is 12.8 Å². The second-order valence-corrected chi connectivity index (χ2v) is 5.48. The summed E-state index contributed by atoms with van der Waals surface area (Å²) in [4.78, 5) is 4.75. The maximum absolute atomic E-state index is 5.50. The Morgan fingerprint density at radius 3 is 3.06 bits per heavy atom. The average molecular weight is 303 g/mol. The lowest BCUT2D eigenvalue weighted by Gasteiger charge is -2.12. The van der Waals surface area contributed by atoms with Gasteiger partial charge in [0.1, 0.15) is 11.4 Å². The molecule has 3 heterocycles. The molecule has 0 unspecified atom stereocenters. The summed E-state index contributed by atoms with van der Waals surface area (Å²) >= 11 is 3.59. The Hall–Kier alpha value is -1.55. The van der Waals surface area contributed by atoms with Crippen LogP contribution >= 0.6 is 15.9 Å². The zero-order valence-electron chi connectivity index (χ0n) is 9.90. The minimum Gasteiger partial charge on any atom is -0.469 e. The number of aromatic nitrogens is 2. The van der Waals surface area contributed by atoms with Crippen LogP contribution in [0.4, 0.5) is 0 Å². The number of furan rings is 1. The van der Waals surface area contributed by atoms with Gasteiger partial charge in [0.2, 0.25) is 0 Å². The van der Waals surface area contributed by atoms with E-state index in [0.29, 0.717) is 0 Å². The van der Waals surface area contributed by atoms with E-state index >= 15 is 0 Å². The van der Waals surface area contributed by atoms with Crippen LogP contribution in [-0.4, -0.2) is 9.38 Å². The van der Waals surface area contributed by atoms with E-state index in [1.807, 2.05) is 6.07 Å². The van der Waals surface area contributed by atoms with Gasteiger partial charge in [0, 0.05) is 22.2 Å². The molecule has 4 rings (SSSR count). The number of fused-ring (bicyclic) bond motifs is 5. The third-order valence-corrected chi connectivity index (χ3v) is 4.49. The third-order valence-electron chi connectivity index (χ3n) is 3.65. The first-order valence-corrected chi connectivity index (χ1v) is 6.78. The fourth-order valence-corrected chi connectivity index (χ4v) is 3.07. The molecular formula is C14H11BrN2O. The number of imidazole rings is 1. The summed E-state index contributed by atoms with van der Waals surface area (Å²) in [5, 5.41) is 0. The van der Waals surface area contributed by atoms with E-state index in [2.05, 4.69) is 39.4 Å². The molecule has 0 radical (unpaired) electrons. The van der Waals surface area contributed by atoms with Crippen LogP contribution in [0.3, 0.4) is 0 Å². The molecule has 0 N–H and O–H groups in total. The van der Waals surface area contributed by atoms with Crippen LogP contribution in [0.5, 0.6) is 0 Å². The molecule has 0 bridgehead atoms. The third kappa shape index (κ3) is 1.21. The second-order valence-electron chi connectivity index (χ2n) is 4.62. The van der Waals surface area contributed by atoms with E-state index in [9.17, 15) is 0 Å². The second kappa shape index (κ2) is 3.48. The van der Waals surface area contributed by atoms with Gasteiger partial charge in [-0.15, -0.1) is 0 Å². The van der Waals surface area contributed by atoms with Gasteiger partial charge < -0.3 is 4.42 Å². The molecule has 4 heteroatoms. The first-order valence-electron chi connectivity index (χ1n) is 5.99. The lowest BCUT2D eigenvalue weighted by molar-refractivity contribution is 0.505. The normalized spacial score (nSPS) is 13.7. The average Bonchev–Trinajstić information content (AvgIpc) is 2.96. The molecular weight excluding hydrogens is 292 g/mol. The van der Waals surface area contributed by atoms with Gasteiger partial charge in [-0.05, 0) is 47.5 Å². The first-order chi connectivity index (χ1) is 8.75. The first kappa shape index (κ1) is 10.4. The van der Waals surface area contributed by atoms with E-state index in [-0.39, 0.29) is 0 Å². The largest absolute Gasteiger partial charge is 0.469 e. The van der Waals surface area contributed by atoms with Gasteiger partial charge in [-0.3, -0.25) is 4.40 Å². The quantitative estimate of drug-likeness (QED) is 0.633. The number of aryl methyl sites for hydroxylation is 3. The van der Waals surface area contributed by atoms with Crippen LogP contribution in [0.1, 0.15) is 17.1 Å². The Balaban J connectivity index is 2.14. The monoisotopic (exact) mass is 302 g/mol. The highest BCUT2D eigenvalue weighted by Crippen LogP contribution is 2.35. The summed E-state index contributed by atoms with van der Waals surface area (Å²) < 4.78 is 8.87. The van der Waals surface area contributed by atoms with Crippen molar-refractivity contribution in [3.63, 3.8) is 0 Å². The number of pyridine rings is 1. The molecule has 0 atom stereocenters. The number of halogens is 1. The maximum Gasteiger partial charge on any atom is 0.137 e. The van der Waals surface area contributed by atoms with Crippen molar-refractivity contribution in [2.24, 2.45) is 0 Å². The summed E-state index contributed by atoms with van der Waals surface area (Å²) in [5.74, 6) is 1.06. The molecule has 18 heavy (non-hydrogen) atoms. The minimum atomic E-state index is 0.953. The van der Waals surface area contributed by atoms with Crippen LogP contribution in [0, 0.1) is 6.92 Å². The van der Waals surface area contributed by atoms with Crippen LogP contribution in [0.25, 0.3) is 16.9 Å². The number of rotatable bonds is 0. The van der Waals surface area contributed by atoms with Crippen molar-refractivity contribution >= 4 is 21.6 Å². The molecule has 0 aromatic carbocycles. The van der Waals surface area contributed by atoms with Gasteiger partial charge in [0.05, 0.1) is 17.7 Å². The van der Waals surface area contributed by atoms with E-state index in [0.717, 1.165) is 40.0 Å². The van der Waals surface area contributed by atoms with Crippen molar-refractivity contribution in [3.8, 4) is 11.3 Å². The van der Waals surface area contributed by atoms with Gasteiger partial charge in [-0.2, -0.15) is 0 Å². The number of hydrogen-bond donors (Lipinski definition) is 0. The fraction of sp³-hybridized carbons (Fsp3) is 0.214. The summed E-state index contributed by atoms with van der Waals surface area (Å²) in [6, 6.07) is 6.12. The van der Waals surface area contributed by atoms with Gasteiger partial charge in [-0.1, -0.05) is 0 Å². The summed E-state index contributed by atoms with van der Waals surface area (Å²) in [6.45, 7) is 2.12. The number of nitrogens with zero attached hydrogens (tertiary/aromatic N) is 2. The van der Waals surface area contributed by atoms with E-state index in [1.54, 1.807) is 6.26 Å². The van der Waals surface area contributed by atoms with Gasteiger partial charge in [-0.25, -0.2) is 4.98 Å². The Labute approximate surface area is 113 Å². The highest BCUT2D eigenvalue weighted by atomic mass is 79.9. The molecule has 1 aliphatic carbocycles. The molecule has 3 aromatic rings. The smallest absolute Gasteiger partial charge is 0.137 e. The van der Waals surface area contributed by atoms with Crippen LogP contribution in [0.2, 0.25) is 0 Å². The Morgan fingerprint density at radius 2 is 2.17 bits per heavy atom. The summed E-state index contributed by atoms with van der Waals surface area (Å²) in [5.41, 5.74) is 5.72. The van der Waals surface area contributed by atoms with Crippen molar-refractivity contribution in [1.82, 2.24) is 9.38 Å². The Kier molecular flexibility index (Phi) is 2.01. The molecule has 0 fully saturated rings. The fourth-order valence-electron chi connectivity index (χ4n) is 2.76. The minimum absolute atomic E-state index is 0.953. The van der Waals surface area contributed by atoms with E-state index < -0.39 is 0 Å². The summed E-state index contributed by atoms with van der Waals surface area (Å²) in [7, 11) is 0. The molecule has 90 valence electrons. The Bertz CT molecular complexity index is 770. The maximum atomic E-state index is 5.50. The highest BCUT2D eigenvalue weighted by Gasteiger charge is 2.24. The van der Waals surface area contributed by atoms with Crippen molar-refractivity contribution < 1.29 is 4.42 Å². The molecule has 0 aliphatic heterocycles. The predicted octanol–water partition coefficient (Wildman–Crippen LogP) is 3.76. The van der Waals surface area contributed by atoms with Gasteiger partial charge in [0.25, 0.3) is 0 Å². The standard InChI is InChI=1S/C14H11BrN2O/c1-8-10(15)2-5-13-16-14-9-6-7-18-12(9)4-3-11(14)17(8)13/h2,5-7H,3-4H2,1H3. The van der Waals surface area contributed by atoms with Gasteiger partial charge >= 0.3 is 0 Å². The van der Waals surface area contributed by atoms with Crippen LogP contribution < -0.4 is 0 Å². The zero-order chi connectivity index (χ0) is 12.3. The molecule has 3 aromatic heterocycles. The van der Waals surface area contributed by atoms with Crippen LogP contribution in [0.15, 0.2) is 33.4 Å². The van der Waals surface area contributed by atoms with Gasteiger partial charge in [0.15, 0.2) is 0 Å². The molecule has 0 amide bonds. The van der Waals surface area contributed by atoms with Crippen molar-refractivity contribution in [2.75, 3.05) is 0 Å².